The average molecular weight is 443 g/mol. The molecule has 174 valence electrons. The smallest absolute Gasteiger partial charge is 0.317 e. The van der Waals surface area contributed by atoms with Crippen LogP contribution < -0.4 is 5.32 Å². The lowest BCUT2D eigenvalue weighted by molar-refractivity contribution is -0.0171. The first kappa shape index (κ1) is 22.8. The van der Waals surface area contributed by atoms with Crippen molar-refractivity contribution in [3.8, 4) is 0 Å². The molecule has 6 nitrogen and oxygen atoms in total. The number of H-pyrrole nitrogens is 1. The topological polar surface area (TPSA) is 70.2 Å². The fraction of sp³-hybridized carbons (Fsp3) is 0.600. The van der Waals surface area contributed by atoms with Gasteiger partial charge in [-0.3, -0.25) is 5.10 Å². The highest BCUT2D eigenvalue weighted by Gasteiger charge is 2.37. The molecule has 7 heteroatoms. The van der Waals surface area contributed by atoms with Gasteiger partial charge in [-0.2, -0.15) is 5.10 Å². The first-order valence-corrected chi connectivity index (χ1v) is 12.0. The molecule has 0 bridgehead atoms. The highest BCUT2D eigenvalue weighted by Crippen LogP contribution is 2.37. The second-order valence-electron chi connectivity index (χ2n) is 9.17. The summed E-state index contributed by atoms with van der Waals surface area (Å²) in [5.74, 6) is 0.425. The lowest BCUT2D eigenvalue weighted by Crippen LogP contribution is -2.53. The van der Waals surface area contributed by atoms with Crippen LogP contribution in [-0.2, 0) is 4.74 Å². The molecule has 2 amide bonds. The number of hydrogen-bond donors (Lipinski definition) is 2. The number of rotatable bonds is 6. The number of ether oxygens (including phenoxy) is 1. The molecule has 2 aliphatic rings. The van der Waals surface area contributed by atoms with E-state index in [2.05, 4.69) is 22.4 Å². The first-order chi connectivity index (χ1) is 15.6. The van der Waals surface area contributed by atoms with Gasteiger partial charge in [-0.05, 0) is 81.5 Å². The molecule has 0 radical (unpaired) electrons. The van der Waals surface area contributed by atoms with Crippen molar-refractivity contribution in [2.45, 2.75) is 76.4 Å². The number of carbonyl (C=O) groups excluding carboxylic acids is 1. The van der Waals surface area contributed by atoms with Gasteiger partial charge in [-0.1, -0.05) is 12.1 Å². The van der Waals surface area contributed by atoms with E-state index in [1.807, 2.05) is 24.1 Å². The normalized spacial score (nSPS) is 26.2. The monoisotopic (exact) mass is 442 g/mol. The van der Waals surface area contributed by atoms with Gasteiger partial charge in [0.1, 0.15) is 5.82 Å². The summed E-state index contributed by atoms with van der Waals surface area (Å²) in [6.07, 6.45) is 7.94. The van der Waals surface area contributed by atoms with Crippen molar-refractivity contribution >= 4 is 6.03 Å². The Hall–Kier alpha value is -2.41. The minimum Gasteiger partial charge on any atom is -0.376 e. The molecule has 1 aromatic heterocycles. The number of likely N-dealkylation sites (tertiary alicyclic amines) is 1. The maximum Gasteiger partial charge on any atom is 0.317 e. The molecule has 2 atom stereocenters. The lowest BCUT2D eigenvalue weighted by Gasteiger charge is -2.42. The molecular weight excluding hydrogens is 407 g/mol. The van der Waals surface area contributed by atoms with Crippen LogP contribution in [-0.4, -0.2) is 53.0 Å². The summed E-state index contributed by atoms with van der Waals surface area (Å²) in [4.78, 5) is 14.7. The molecule has 2 heterocycles. The number of nitrogens with one attached hydrogen (secondary N) is 2. The quantitative estimate of drug-likeness (QED) is 0.670. The third-order valence-electron chi connectivity index (χ3n) is 7.10. The van der Waals surface area contributed by atoms with Gasteiger partial charge in [0, 0.05) is 24.7 Å². The molecule has 2 aromatic rings. The number of benzene rings is 1. The van der Waals surface area contributed by atoms with Crippen molar-refractivity contribution in [1.82, 2.24) is 20.4 Å². The fourth-order valence-corrected chi connectivity index (χ4v) is 5.39. The van der Waals surface area contributed by atoms with Crippen molar-refractivity contribution in [3.63, 3.8) is 0 Å². The summed E-state index contributed by atoms with van der Waals surface area (Å²) < 4.78 is 20.0. The van der Waals surface area contributed by atoms with Crippen molar-refractivity contribution in [2.75, 3.05) is 19.7 Å². The Balaban J connectivity index is 1.40. The number of amides is 2. The van der Waals surface area contributed by atoms with Crippen LogP contribution in [0.5, 0.6) is 0 Å². The van der Waals surface area contributed by atoms with Gasteiger partial charge in [0.2, 0.25) is 0 Å². The van der Waals surface area contributed by atoms with Crippen molar-refractivity contribution in [3.05, 3.63) is 53.1 Å². The Kier molecular flexibility index (Phi) is 7.45. The van der Waals surface area contributed by atoms with Crippen molar-refractivity contribution in [1.29, 1.82) is 0 Å². The summed E-state index contributed by atoms with van der Waals surface area (Å²) in [5, 5.41) is 10.4. The third kappa shape index (κ3) is 5.14. The standard InChI is InChI=1S/C25H35FN4O2/c1-3-27-25(31)30-13-5-8-22(24-17(2)15-28-29-24)23(30)16-32-21-11-9-18(10-12-21)19-6-4-7-20(26)14-19/h4,6-7,14-15,18,21-23H,3,5,8-13,16H2,1-2H3,(H,27,31)(H,28,29)/t18?,21?,22-,23-/m1/s1. The molecule has 1 aliphatic heterocycles. The van der Waals surface area contributed by atoms with E-state index in [1.165, 1.54) is 6.07 Å². The number of hydrogen-bond acceptors (Lipinski definition) is 3. The Morgan fingerprint density at radius 3 is 2.78 bits per heavy atom. The number of aromatic nitrogens is 2. The number of urea groups is 1. The summed E-state index contributed by atoms with van der Waals surface area (Å²) in [5.41, 5.74) is 3.34. The van der Waals surface area contributed by atoms with E-state index in [1.54, 1.807) is 12.1 Å². The second-order valence-corrected chi connectivity index (χ2v) is 9.17. The molecule has 32 heavy (non-hydrogen) atoms. The van der Waals surface area contributed by atoms with Crippen LogP contribution in [0.25, 0.3) is 0 Å². The predicted molar refractivity (Wildman–Crippen MR) is 122 cm³/mol. The molecule has 1 saturated heterocycles. The first-order valence-electron chi connectivity index (χ1n) is 12.0. The van der Waals surface area contributed by atoms with Gasteiger partial charge in [-0.25, -0.2) is 9.18 Å². The number of carbonyl (C=O) groups is 1. The Bertz CT molecular complexity index is 894. The van der Waals surface area contributed by atoms with E-state index in [9.17, 15) is 9.18 Å². The zero-order valence-electron chi connectivity index (χ0n) is 19.1. The van der Waals surface area contributed by atoms with Crippen LogP contribution in [0.2, 0.25) is 0 Å². The molecule has 4 rings (SSSR count). The Morgan fingerprint density at radius 2 is 2.09 bits per heavy atom. The number of nitrogens with zero attached hydrogens (tertiary/aromatic N) is 2. The van der Waals surface area contributed by atoms with Crippen molar-refractivity contribution in [2.24, 2.45) is 0 Å². The number of aryl methyl sites for hydroxylation is 1. The zero-order valence-corrected chi connectivity index (χ0v) is 19.1. The van der Waals surface area contributed by atoms with Gasteiger partial charge in [-0.15, -0.1) is 0 Å². The van der Waals surface area contributed by atoms with Crippen molar-refractivity contribution < 1.29 is 13.9 Å². The van der Waals surface area contributed by atoms with E-state index in [-0.39, 0.29) is 29.9 Å². The van der Waals surface area contributed by atoms with Gasteiger partial charge >= 0.3 is 6.03 Å². The maximum atomic E-state index is 13.6. The largest absolute Gasteiger partial charge is 0.376 e. The highest BCUT2D eigenvalue weighted by atomic mass is 19.1. The minimum atomic E-state index is -0.163. The Labute approximate surface area is 189 Å². The highest BCUT2D eigenvalue weighted by molar-refractivity contribution is 5.74. The zero-order chi connectivity index (χ0) is 22.5. The lowest BCUT2D eigenvalue weighted by atomic mass is 9.82. The van der Waals surface area contributed by atoms with Crippen LogP contribution in [0.3, 0.4) is 0 Å². The molecule has 0 spiro atoms. The van der Waals surface area contributed by atoms with Crippen LogP contribution >= 0.6 is 0 Å². The van der Waals surface area contributed by atoms with E-state index < -0.39 is 0 Å². The van der Waals surface area contributed by atoms with Crippen LogP contribution in [0.4, 0.5) is 9.18 Å². The van der Waals surface area contributed by atoms with Crippen LogP contribution in [0, 0.1) is 12.7 Å². The molecule has 1 aromatic carbocycles. The molecule has 1 aliphatic carbocycles. The predicted octanol–water partition coefficient (Wildman–Crippen LogP) is 4.88. The van der Waals surface area contributed by atoms with E-state index in [0.29, 0.717) is 19.1 Å². The van der Waals surface area contributed by atoms with E-state index in [4.69, 9.17) is 4.74 Å². The Morgan fingerprint density at radius 1 is 1.28 bits per heavy atom. The SMILES string of the molecule is CCNC(=O)N1CCC[C@@H](c2[nH]ncc2C)[C@H]1COC1CCC(c2cccc(F)c2)CC1. The molecule has 2 fully saturated rings. The summed E-state index contributed by atoms with van der Waals surface area (Å²) in [7, 11) is 0. The van der Waals surface area contributed by atoms with Gasteiger partial charge in [0.25, 0.3) is 0 Å². The minimum absolute atomic E-state index is 0.0159. The maximum absolute atomic E-state index is 13.6. The summed E-state index contributed by atoms with van der Waals surface area (Å²) in [6, 6.07) is 6.95. The van der Waals surface area contributed by atoms with Gasteiger partial charge < -0.3 is 15.0 Å². The van der Waals surface area contributed by atoms with E-state index >= 15 is 0 Å². The summed E-state index contributed by atoms with van der Waals surface area (Å²) >= 11 is 0. The fourth-order valence-electron chi connectivity index (χ4n) is 5.39. The number of aromatic amines is 1. The molecule has 2 N–H and O–H groups in total. The van der Waals surface area contributed by atoms with Gasteiger partial charge in [0.05, 0.1) is 24.9 Å². The number of piperidine rings is 1. The molecule has 0 unspecified atom stereocenters. The molecular formula is C25H35FN4O2. The average Bonchev–Trinajstić information content (AvgIpc) is 3.23. The summed E-state index contributed by atoms with van der Waals surface area (Å²) in [6.45, 7) is 5.89. The van der Waals surface area contributed by atoms with Crippen LogP contribution in [0.15, 0.2) is 30.5 Å². The molecule has 1 saturated carbocycles. The van der Waals surface area contributed by atoms with Gasteiger partial charge in [0.15, 0.2) is 0 Å². The van der Waals surface area contributed by atoms with E-state index in [0.717, 1.165) is 61.9 Å². The van der Waals surface area contributed by atoms with Crippen LogP contribution in [0.1, 0.15) is 74.1 Å². The second kappa shape index (κ2) is 10.5. The number of halogens is 1. The third-order valence-corrected chi connectivity index (χ3v) is 7.10.